The van der Waals surface area contributed by atoms with Crippen LogP contribution in [0, 0.1) is 6.92 Å². The maximum Gasteiger partial charge on any atom is 0.272 e. The first-order chi connectivity index (χ1) is 13.2. The molecule has 3 aromatic heterocycles. The number of aromatic nitrogens is 7. The molecule has 0 aliphatic heterocycles. The minimum atomic E-state index is 0.497. The Bertz CT molecular complexity index is 1080. The van der Waals surface area contributed by atoms with Crippen LogP contribution in [0.4, 0.5) is 11.6 Å². The number of aryl methyl sites for hydroxylation is 3. The van der Waals surface area contributed by atoms with Crippen LogP contribution in [-0.2, 0) is 12.8 Å². The Morgan fingerprint density at radius 2 is 1.78 bits per heavy atom. The van der Waals surface area contributed by atoms with Crippen LogP contribution in [0.1, 0.15) is 30.9 Å². The normalized spacial score (nSPS) is 11.1. The van der Waals surface area contributed by atoms with E-state index in [-0.39, 0.29) is 0 Å². The summed E-state index contributed by atoms with van der Waals surface area (Å²) in [4.78, 5) is 13.2. The number of hydrogen-bond acceptors (Lipinski definition) is 7. The molecule has 1 N–H and O–H groups in total. The van der Waals surface area contributed by atoms with Gasteiger partial charge in [0.25, 0.3) is 5.78 Å². The van der Waals surface area contributed by atoms with E-state index in [0.29, 0.717) is 23.1 Å². The van der Waals surface area contributed by atoms with Gasteiger partial charge in [0.15, 0.2) is 5.82 Å². The first kappa shape index (κ1) is 17.0. The van der Waals surface area contributed by atoms with Gasteiger partial charge in [0, 0.05) is 18.3 Å². The number of hydrogen-bond donors (Lipinski definition) is 1. The highest BCUT2D eigenvalue weighted by Gasteiger charge is 2.14. The van der Waals surface area contributed by atoms with Gasteiger partial charge in [-0.2, -0.15) is 9.50 Å². The van der Waals surface area contributed by atoms with E-state index in [4.69, 9.17) is 0 Å². The second kappa shape index (κ2) is 7.06. The van der Waals surface area contributed by atoms with E-state index in [1.54, 1.807) is 10.7 Å². The van der Waals surface area contributed by atoms with Crippen molar-refractivity contribution >= 4 is 17.4 Å². The van der Waals surface area contributed by atoms with Crippen LogP contribution in [0.2, 0.25) is 0 Å². The molecule has 0 aliphatic carbocycles. The molecule has 0 fully saturated rings. The lowest BCUT2D eigenvalue weighted by molar-refractivity contribution is 0.827. The van der Waals surface area contributed by atoms with Crippen molar-refractivity contribution in [1.29, 1.82) is 0 Å². The number of fused-ring (bicyclic) bond motifs is 1. The molecule has 8 heteroatoms. The summed E-state index contributed by atoms with van der Waals surface area (Å²) in [5, 5.41) is 16.2. The van der Waals surface area contributed by atoms with E-state index in [1.807, 2.05) is 32.0 Å². The Morgan fingerprint density at radius 3 is 2.52 bits per heavy atom. The summed E-state index contributed by atoms with van der Waals surface area (Å²) in [5.41, 5.74) is 4.39. The molecule has 0 amide bonds. The molecule has 0 unspecified atom stereocenters. The van der Waals surface area contributed by atoms with Gasteiger partial charge in [-0.25, -0.2) is 9.97 Å². The molecule has 0 bridgehead atoms. The lowest BCUT2D eigenvalue weighted by Crippen LogP contribution is -2.05. The molecule has 27 heavy (non-hydrogen) atoms. The molecular formula is C19H20N8. The van der Waals surface area contributed by atoms with E-state index >= 15 is 0 Å². The molecule has 1 aromatic carbocycles. The van der Waals surface area contributed by atoms with E-state index in [9.17, 15) is 0 Å². The SMILES string of the molecule is CCc1ccc(Nc2nccc(-c3nnc4nc(CC)nn4c3C)n2)cc1. The fourth-order valence-electron chi connectivity index (χ4n) is 2.79. The fourth-order valence-corrected chi connectivity index (χ4v) is 2.79. The molecule has 136 valence electrons. The third-order valence-electron chi connectivity index (χ3n) is 4.37. The van der Waals surface area contributed by atoms with Crippen molar-refractivity contribution in [3.63, 3.8) is 0 Å². The van der Waals surface area contributed by atoms with E-state index in [1.165, 1.54) is 5.56 Å². The monoisotopic (exact) mass is 360 g/mol. The van der Waals surface area contributed by atoms with E-state index in [0.717, 1.165) is 30.0 Å². The molecule has 8 nitrogen and oxygen atoms in total. The number of nitrogens with zero attached hydrogens (tertiary/aromatic N) is 7. The second-order valence-corrected chi connectivity index (χ2v) is 6.17. The zero-order valence-corrected chi connectivity index (χ0v) is 15.5. The largest absolute Gasteiger partial charge is 0.324 e. The van der Waals surface area contributed by atoms with Crippen molar-refractivity contribution < 1.29 is 0 Å². The van der Waals surface area contributed by atoms with Crippen LogP contribution >= 0.6 is 0 Å². The Labute approximate surface area is 156 Å². The summed E-state index contributed by atoms with van der Waals surface area (Å²) in [6, 6.07) is 10.0. The minimum absolute atomic E-state index is 0.497. The van der Waals surface area contributed by atoms with Gasteiger partial charge < -0.3 is 5.32 Å². The van der Waals surface area contributed by atoms with Crippen molar-refractivity contribution in [3.05, 3.63) is 53.6 Å². The maximum absolute atomic E-state index is 4.59. The highest BCUT2D eigenvalue weighted by atomic mass is 15.4. The number of anilines is 2. The first-order valence-corrected chi connectivity index (χ1v) is 8.96. The van der Waals surface area contributed by atoms with Crippen molar-refractivity contribution in [2.24, 2.45) is 0 Å². The maximum atomic E-state index is 4.59. The lowest BCUT2D eigenvalue weighted by atomic mass is 10.1. The Morgan fingerprint density at radius 1 is 0.963 bits per heavy atom. The van der Waals surface area contributed by atoms with Gasteiger partial charge in [0.1, 0.15) is 5.69 Å². The Kier molecular flexibility index (Phi) is 4.45. The number of nitrogens with one attached hydrogen (secondary N) is 1. The summed E-state index contributed by atoms with van der Waals surface area (Å²) >= 11 is 0. The molecule has 0 atom stereocenters. The molecule has 3 heterocycles. The summed E-state index contributed by atoms with van der Waals surface area (Å²) < 4.78 is 1.71. The third-order valence-corrected chi connectivity index (χ3v) is 4.37. The average Bonchev–Trinajstić information content (AvgIpc) is 3.13. The molecule has 0 aliphatic rings. The van der Waals surface area contributed by atoms with Gasteiger partial charge in [-0.15, -0.1) is 15.3 Å². The molecule has 0 radical (unpaired) electrons. The summed E-state index contributed by atoms with van der Waals surface area (Å²) in [7, 11) is 0. The predicted molar refractivity (Wildman–Crippen MR) is 103 cm³/mol. The highest BCUT2D eigenvalue weighted by molar-refractivity contribution is 5.61. The Balaban J connectivity index is 1.67. The van der Waals surface area contributed by atoms with Crippen LogP contribution in [0.15, 0.2) is 36.5 Å². The average molecular weight is 360 g/mol. The van der Waals surface area contributed by atoms with Crippen LogP contribution in [0.3, 0.4) is 0 Å². The smallest absolute Gasteiger partial charge is 0.272 e. The quantitative estimate of drug-likeness (QED) is 0.584. The Hall–Kier alpha value is -3.42. The van der Waals surface area contributed by atoms with E-state index < -0.39 is 0 Å². The molecule has 4 rings (SSSR count). The van der Waals surface area contributed by atoms with E-state index in [2.05, 4.69) is 54.6 Å². The van der Waals surface area contributed by atoms with Gasteiger partial charge >= 0.3 is 0 Å². The molecule has 4 aromatic rings. The topological polar surface area (TPSA) is 93.8 Å². The van der Waals surface area contributed by atoms with Gasteiger partial charge in [-0.3, -0.25) is 0 Å². The van der Waals surface area contributed by atoms with Crippen molar-refractivity contribution in [2.45, 2.75) is 33.6 Å². The van der Waals surface area contributed by atoms with Crippen LogP contribution in [0.5, 0.6) is 0 Å². The molecule has 0 saturated heterocycles. The van der Waals surface area contributed by atoms with Crippen molar-refractivity contribution in [1.82, 2.24) is 34.8 Å². The van der Waals surface area contributed by atoms with Crippen molar-refractivity contribution in [3.8, 4) is 11.4 Å². The van der Waals surface area contributed by atoms with Crippen LogP contribution in [0.25, 0.3) is 17.2 Å². The zero-order valence-electron chi connectivity index (χ0n) is 15.5. The summed E-state index contributed by atoms with van der Waals surface area (Å²) in [5.74, 6) is 1.74. The summed E-state index contributed by atoms with van der Waals surface area (Å²) in [6.45, 7) is 6.07. The lowest BCUT2D eigenvalue weighted by Gasteiger charge is -2.08. The van der Waals surface area contributed by atoms with Crippen LogP contribution in [-0.4, -0.2) is 34.8 Å². The van der Waals surface area contributed by atoms with Gasteiger partial charge in [-0.1, -0.05) is 26.0 Å². The first-order valence-electron chi connectivity index (χ1n) is 8.96. The van der Waals surface area contributed by atoms with Gasteiger partial charge in [0.05, 0.1) is 11.4 Å². The molecule has 0 saturated carbocycles. The summed E-state index contributed by atoms with van der Waals surface area (Å²) in [6.07, 6.45) is 3.46. The van der Waals surface area contributed by atoms with Crippen molar-refractivity contribution in [2.75, 3.05) is 5.32 Å². The predicted octanol–water partition coefficient (Wildman–Crippen LogP) is 3.15. The number of benzene rings is 1. The standard InChI is InChI=1S/C19H20N8/c1-4-13-6-8-14(9-7-13)21-18-20-11-10-15(22-18)17-12(3)27-19(25-24-17)23-16(5-2)26-27/h6-11H,4-5H2,1-3H3,(H,20,21,22). The van der Waals surface area contributed by atoms with Gasteiger partial charge in [-0.05, 0) is 37.1 Å². The van der Waals surface area contributed by atoms with Gasteiger partial charge in [0.2, 0.25) is 5.95 Å². The minimum Gasteiger partial charge on any atom is -0.324 e. The number of rotatable bonds is 5. The highest BCUT2D eigenvalue weighted by Crippen LogP contribution is 2.21. The molecular weight excluding hydrogens is 340 g/mol. The third kappa shape index (κ3) is 3.33. The fraction of sp³-hybridized carbons (Fsp3) is 0.263. The molecule has 0 spiro atoms. The van der Waals surface area contributed by atoms with Crippen LogP contribution < -0.4 is 5.32 Å². The second-order valence-electron chi connectivity index (χ2n) is 6.17. The zero-order chi connectivity index (χ0) is 18.8.